The van der Waals surface area contributed by atoms with Gasteiger partial charge in [0.1, 0.15) is 5.65 Å². The van der Waals surface area contributed by atoms with Crippen LogP contribution in [0.5, 0.6) is 0 Å². The average molecular weight is 421 g/mol. The first kappa shape index (κ1) is 18.8. The molecule has 5 aromatic rings. The van der Waals surface area contributed by atoms with Crippen LogP contribution in [0.3, 0.4) is 0 Å². The monoisotopic (exact) mass is 420 g/mol. The topological polar surface area (TPSA) is 92.2 Å². The number of fused-ring (bicyclic) bond motifs is 4. The van der Waals surface area contributed by atoms with Gasteiger partial charge in [-0.05, 0) is 25.0 Å². The third-order valence-electron chi connectivity index (χ3n) is 5.75. The number of hydrogen-bond acceptors (Lipinski definition) is 4. The fraction of sp³-hybridized carbons (Fsp3) is 0.273. The lowest BCUT2D eigenvalue weighted by Gasteiger charge is -2.23. The molecule has 0 aromatic carbocycles. The highest BCUT2D eigenvalue weighted by atomic mass is 35.5. The number of pyridine rings is 2. The van der Waals surface area contributed by atoms with Crippen LogP contribution in [0.25, 0.3) is 33.0 Å². The number of aldehydes is 1. The predicted molar refractivity (Wildman–Crippen MR) is 118 cm³/mol. The van der Waals surface area contributed by atoms with E-state index in [1.54, 1.807) is 12.3 Å². The minimum absolute atomic E-state index is 0.420. The highest BCUT2D eigenvalue weighted by Gasteiger charge is 2.18. The Kier molecular flexibility index (Phi) is 4.96. The van der Waals surface area contributed by atoms with Gasteiger partial charge < -0.3 is 10.1 Å². The van der Waals surface area contributed by atoms with E-state index in [4.69, 9.17) is 11.6 Å². The van der Waals surface area contributed by atoms with Gasteiger partial charge in [-0.25, -0.2) is 15.0 Å². The molecule has 0 aliphatic heterocycles. The number of nitrogens with one attached hydrogen (secondary N) is 2. The second kappa shape index (κ2) is 7.91. The van der Waals surface area contributed by atoms with Gasteiger partial charge in [-0.15, -0.1) is 0 Å². The highest BCUT2D eigenvalue weighted by molar-refractivity contribution is 6.37. The lowest BCUT2D eigenvalue weighted by Crippen LogP contribution is -2.13. The zero-order valence-electron chi connectivity index (χ0n) is 16.3. The Bertz CT molecular complexity index is 1330. The van der Waals surface area contributed by atoms with Crippen LogP contribution in [-0.4, -0.2) is 36.0 Å². The molecule has 0 bridgehead atoms. The molecule has 0 atom stereocenters. The van der Waals surface area contributed by atoms with E-state index in [2.05, 4.69) is 42.0 Å². The van der Waals surface area contributed by atoms with Gasteiger partial charge in [0.15, 0.2) is 11.9 Å². The van der Waals surface area contributed by atoms with E-state index in [0.29, 0.717) is 28.6 Å². The summed E-state index contributed by atoms with van der Waals surface area (Å²) >= 11 is 5.89. The third-order valence-corrected chi connectivity index (χ3v) is 6.17. The van der Waals surface area contributed by atoms with Crippen LogP contribution in [0.4, 0.5) is 0 Å². The Hall–Kier alpha value is -3.19. The SMILES string of the molecule is O=Cc1cnc2[nH]ccc2c1Cl.c1cc2c(n1)ncc1c[nH]n(C3CCCCC3)c12. The quantitative estimate of drug-likeness (QED) is 0.371. The Labute approximate surface area is 177 Å². The van der Waals surface area contributed by atoms with E-state index in [0.717, 1.165) is 11.0 Å². The summed E-state index contributed by atoms with van der Waals surface area (Å²) in [6.07, 6.45) is 16.3. The van der Waals surface area contributed by atoms with Crippen molar-refractivity contribution in [2.24, 2.45) is 0 Å². The number of aromatic nitrogens is 6. The van der Waals surface area contributed by atoms with Crippen molar-refractivity contribution in [2.75, 3.05) is 0 Å². The minimum Gasteiger partial charge on any atom is -0.346 e. The molecule has 1 aliphatic rings. The molecule has 7 nitrogen and oxygen atoms in total. The van der Waals surface area contributed by atoms with E-state index >= 15 is 0 Å². The number of hydrogen-bond donors (Lipinski definition) is 2. The number of halogens is 1. The van der Waals surface area contributed by atoms with E-state index in [1.807, 2.05) is 12.4 Å². The maximum atomic E-state index is 10.5. The van der Waals surface area contributed by atoms with Gasteiger partial charge in [0, 0.05) is 47.1 Å². The smallest absolute Gasteiger partial charge is 0.161 e. The molecule has 0 spiro atoms. The third kappa shape index (κ3) is 3.25. The van der Waals surface area contributed by atoms with Crippen LogP contribution in [0.15, 0.2) is 43.1 Å². The van der Waals surface area contributed by atoms with Crippen LogP contribution in [-0.2, 0) is 0 Å². The zero-order valence-corrected chi connectivity index (χ0v) is 17.1. The van der Waals surface area contributed by atoms with Crippen molar-refractivity contribution < 1.29 is 4.79 Å². The Morgan fingerprint density at radius 2 is 1.93 bits per heavy atom. The molecule has 5 aromatic heterocycles. The van der Waals surface area contributed by atoms with Crippen molar-refractivity contribution >= 4 is 50.9 Å². The number of carbonyl (C=O) groups is 1. The van der Waals surface area contributed by atoms with Gasteiger partial charge in [0.2, 0.25) is 0 Å². The minimum atomic E-state index is 0.420. The molecule has 1 saturated carbocycles. The average Bonchev–Trinajstić information content (AvgIpc) is 3.53. The number of H-pyrrole nitrogens is 2. The molecule has 152 valence electrons. The van der Waals surface area contributed by atoms with E-state index < -0.39 is 0 Å². The standard InChI is InChI=1S/C14H16N4.C8H5ClN2O/c1-2-4-11(5-3-1)18-13-10(9-17-18)8-16-14-12(13)6-7-15-14;9-7-5(4-12)3-11-8-6(7)1-2-10-8/h6-9,11,17H,1-5H2;1-4H,(H,10,11). The van der Waals surface area contributed by atoms with Crippen LogP contribution >= 0.6 is 11.6 Å². The molecular weight excluding hydrogens is 400 g/mol. The van der Waals surface area contributed by atoms with Gasteiger partial charge in [-0.2, -0.15) is 0 Å². The summed E-state index contributed by atoms with van der Waals surface area (Å²) in [5.74, 6) is 0. The van der Waals surface area contributed by atoms with E-state index in [9.17, 15) is 4.79 Å². The molecule has 5 heterocycles. The fourth-order valence-corrected chi connectivity index (χ4v) is 4.49. The van der Waals surface area contributed by atoms with Crippen molar-refractivity contribution in [1.82, 2.24) is 29.7 Å². The van der Waals surface area contributed by atoms with Crippen LogP contribution < -0.4 is 0 Å². The van der Waals surface area contributed by atoms with Gasteiger partial charge in [-0.3, -0.25) is 9.48 Å². The Morgan fingerprint density at radius 1 is 1.07 bits per heavy atom. The molecule has 8 heteroatoms. The number of carbonyl (C=O) groups excluding carboxylic acids is 1. The fourth-order valence-electron chi connectivity index (χ4n) is 4.24. The maximum absolute atomic E-state index is 10.5. The molecule has 6 rings (SSSR count). The summed E-state index contributed by atoms with van der Waals surface area (Å²) in [5.41, 5.74) is 3.24. The predicted octanol–water partition coefficient (Wildman–Crippen LogP) is 5.45. The van der Waals surface area contributed by atoms with Crippen molar-refractivity contribution in [2.45, 2.75) is 38.1 Å². The van der Waals surface area contributed by atoms with Crippen molar-refractivity contribution in [3.05, 3.63) is 53.7 Å². The van der Waals surface area contributed by atoms with Crippen LogP contribution in [0.2, 0.25) is 5.02 Å². The summed E-state index contributed by atoms with van der Waals surface area (Å²) in [6.45, 7) is 0. The molecule has 1 fully saturated rings. The molecule has 1 aliphatic carbocycles. The Morgan fingerprint density at radius 3 is 2.77 bits per heavy atom. The van der Waals surface area contributed by atoms with Gasteiger partial charge in [-0.1, -0.05) is 30.9 Å². The zero-order chi connectivity index (χ0) is 20.5. The molecule has 2 N–H and O–H groups in total. The summed E-state index contributed by atoms with van der Waals surface area (Å²) in [6, 6.07) is 4.46. The van der Waals surface area contributed by atoms with Crippen LogP contribution in [0, 0.1) is 0 Å². The lowest BCUT2D eigenvalue weighted by molar-refractivity contribution is 0.112. The van der Waals surface area contributed by atoms with Crippen molar-refractivity contribution in [1.29, 1.82) is 0 Å². The summed E-state index contributed by atoms with van der Waals surface area (Å²) < 4.78 is 2.33. The number of aromatic amines is 2. The maximum Gasteiger partial charge on any atom is 0.161 e. The van der Waals surface area contributed by atoms with Crippen molar-refractivity contribution in [3.63, 3.8) is 0 Å². The lowest BCUT2D eigenvalue weighted by atomic mass is 9.95. The summed E-state index contributed by atoms with van der Waals surface area (Å²) in [5, 5.41) is 7.00. The van der Waals surface area contributed by atoms with E-state index in [1.165, 1.54) is 54.6 Å². The second-order valence-electron chi connectivity index (χ2n) is 7.56. The summed E-state index contributed by atoms with van der Waals surface area (Å²) in [4.78, 5) is 26.0. The summed E-state index contributed by atoms with van der Waals surface area (Å²) in [7, 11) is 0. The van der Waals surface area contributed by atoms with Gasteiger partial charge in [0.05, 0.1) is 22.1 Å². The van der Waals surface area contributed by atoms with Gasteiger partial charge >= 0.3 is 0 Å². The first-order chi connectivity index (χ1) is 14.8. The van der Waals surface area contributed by atoms with Crippen LogP contribution in [0.1, 0.15) is 48.5 Å². The number of nitrogens with zero attached hydrogens (tertiary/aromatic N) is 4. The Balaban J connectivity index is 0.000000140. The molecule has 0 saturated heterocycles. The first-order valence-corrected chi connectivity index (χ1v) is 10.5. The molecule has 0 amide bonds. The van der Waals surface area contributed by atoms with E-state index in [-0.39, 0.29) is 0 Å². The largest absolute Gasteiger partial charge is 0.346 e. The molecular formula is C22H21ClN6O. The molecule has 0 radical (unpaired) electrons. The number of rotatable bonds is 2. The highest BCUT2D eigenvalue weighted by Crippen LogP contribution is 2.32. The normalized spacial score (nSPS) is 14.8. The molecule has 30 heavy (non-hydrogen) atoms. The van der Waals surface area contributed by atoms with Gasteiger partial charge in [0.25, 0.3) is 0 Å². The molecule has 0 unspecified atom stereocenters. The van der Waals surface area contributed by atoms with Crippen molar-refractivity contribution in [3.8, 4) is 0 Å². The second-order valence-corrected chi connectivity index (χ2v) is 7.94. The first-order valence-electron chi connectivity index (χ1n) is 10.1.